The van der Waals surface area contributed by atoms with Crippen molar-refractivity contribution in [3.63, 3.8) is 0 Å². The largest absolute Gasteiger partial charge is 0.370 e. The minimum absolute atomic E-state index is 0.0382. The van der Waals surface area contributed by atoms with Crippen LogP contribution in [0.4, 0.5) is 0 Å². The molecular formula is C10H21N3O2. The molecule has 88 valence electrons. The third-order valence-electron chi connectivity index (χ3n) is 2.48. The number of nitrogens with zero attached hydrogens (tertiary/aromatic N) is 1. The number of hydrogen-bond acceptors (Lipinski definition) is 4. The van der Waals surface area contributed by atoms with E-state index in [2.05, 4.69) is 17.3 Å². The van der Waals surface area contributed by atoms with E-state index in [1.807, 2.05) is 0 Å². The van der Waals surface area contributed by atoms with E-state index in [9.17, 15) is 4.79 Å². The molecule has 0 aromatic heterocycles. The second-order valence-electron chi connectivity index (χ2n) is 4.01. The molecule has 1 rings (SSSR count). The molecule has 1 atom stereocenters. The summed E-state index contributed by atoms with van der Waals surface area (Å²) < 4.78 is 5.06. The molecule has 1 unspecified atom stereocenters. The molecule has 1 heterocycles. The average Bonchev–Trinajstić information content (AvgIpc) is 2.18. The molecule has 1 aliphatic rings. The molecule has 0 aromatic carbocycles. The minimum atomic E-state index is -0.0382. The van der Waals surface area contributed by atoms with Crippen molar-refractivity contribution in [2.24, 2.45) is 5.73 Å². The van der Waals surface area contributed by atoms with Gasteiger partial charge in [0.1, 0.15) is 6.61 Å². The van der Waals surface area contributed by atoms with Crippen LogP contribution in [0.15, 0.2) is 0 Å². The molecule has 0 aromatic rings. The summed E-state index contributed by atoms with van der Waals surface area (Å²) in [5, 5.41) is 2.96. The zero-order chi connectivity index (χ0) is 11.1. The Hall–Kier alpha value is -0.650. The fourth-order valence-electron chi connectivity index (χ4n) is 1.80. The van der Waals surface area contributed by atoms with Gasteiger partial charge in [0.25, 0.3) is 0 Å². The first kappa shape index (κ1) is 12.4. The summed E-state index contributed by atoms with van der Waals surface area (Å²) in [5.74, 6) is -0.0382. The zero-order valence-electron chi connectivity index (χ0n) is 9.37. The molecule has 1 saturated heterocycles. The van der Waals surface area contributed by atoms with E-state index >= 15 is 0 Å². The van der Waals surface area contributed by atoms with Crippen LogP contribution in [0.3, 0.4) is 0 Å². The highest BCUT2D eigenvalue weighted by molar-refractivity contribution is 5.77. The van der Waals surface area contributed by atoms with Gasteiger partial charge in [0.05, 0.1) is 6.61 Å². The Labute approximate surface area is 90.9 Å². The molecular weight excluding hydrogens is 194 g/mol. The van der Waals surface area contributed by atoms with Crippen molar-refractivity contribution >= 4 is 5.91 Å². The van der Waals surface area contributed by atoms with Gasteiger partial charge in [-0.1, -0.05) is 0 Å². The number of piperidine rings is 1. The number of ether oxygens (including phenoxy) is 1. The fraction of sp³-hybridized carbons (Fsp3) is 0.900. The molecule has 1 amide bonds. The topological polar surface area (TPSA) is 67.6 Å². The van der Waals surface area contributed by atoms with Gasteiger partial charge in [-0.3, -0.25) is 4.79 Å². The zero-order valence-corrected chi connectivity index (χ0v) is 9.37. The highest BCUT2D eigenvalue weighted by atomic mass is 16.5. The molecule has 1 fully saturated rings. The van der Waals surface area contributed by atoms with Crippen LogP contribution >= 0.6 is 0 Å². The molecule has 0 aliphatic carbocycles. The lowest BCUT2D eigenvalue weighted by atomic mass is 10.1. The van der Waals surface area contributed by atoms with Crippen molar-refractivity contribution in [2.45, 2.75) is 18.9 Å². The van der Waals surface area contributed by atoms with Crippen molar-refractivity contribution in [1.82, 2.24) is 10.2 Å². The van der Waals surface area contributed by atoms with Crippen molar-refractivity contribution in [3.8, 4) is 0 Å². The van der Waals surface area contributed by atoms with Gasteiger partial charge in [0.15, 0.2) is 0 Å². The Morgan fingerprint density at radius 1 is 1.67 bits per heavy atom. The molecule has 5 nitrogen and oxygen atoms in total. The first-order valence-corrected chi connectivity index (χ1v) is 5.48. The van der Waals surface area contributed by atoms with Gasteiger partial charge in [-0.2, -0.15) is 0 Å². The van der Waals surface area contributed by atoms with Gasteiger partial charge >= 0.3 is 0 Å². The fourth-order valence-corrected chi connectivity index (χ4v) is 1.80. The molecule has 0 spiro atoms. The number of hydrogen-bond donors (Lipinski definition) is 2. The van der Waals surface area contributed by atoms with Crippen molar-refractivity contribution in [3.05, 3.63) is 0 Å². The van der Waals surface area contributed by atoms with Crippen LogP contribution < -0.4 is 11.1 Å². The number of amides is 1. The monoisotopic (exact) mass is 215 g/mol. The average molecular weight is 215 g/mol. The number of carbonyl (C=O) groups excluding carboxylic acids is 1. The van der Waals surface area contributed by atoms with Crippen LogP contribution in [0, 0.1) is 0 Å². The van der Waals surface area contributed by atoms with E-state index in [1.165, 1.54) is 0 Å². The van der Waals surface area contributed by atoms with Gasteiger partial charge in [-0.25, -0.2) is 0 Å². The van der Waals surface area contributed by atoms with Gasteiger partial charge in [-0.05, 0) is 26.4 Å². The Bertz CT molecular complexity index is 199. The summed E-state index contributed by atoms with van der Waals surface area (Å²) >= 11 is 0. The lowest BCUT2D eigenvalue weighted by molar-refractivity contribution is -0.126. The van der Waals surface area contributed by atoms with Crippen LogP contribution in [0.25, 0.3) is 0 Å². The number of nitrogens with one attached hydrogen (secondary N) is 1. The Morgan fingerprint density at radius 2 is 2.47 bits per heavy atom. The summed E-state index contributed by atoms with van der Waals surface area (Å²) in [5.41, 5.74) is 5.25. The van der Waals surface area contributed by atoms with Crippen molar-refractivity contribution in [1.29, 1.82) is 0 Å². The van der Waals surface area contributed by atoms with Crippen LogP contribution in [-0.4, -0.2) is 56.7 Å². The Morgan fingerprint density at radius 3 is 3.13 bits per heavy atom. The van der Waals surface area contributed by atoms with E-state index < -0.39 is 0 Å². The molecule has 5 heteroatoms. The Balaban J connectivity index is 2.13. The maximum absolute atomic E-state index is 11.4. The SMILES string of the molecule is CN1CCCC(NC(=O)COCCN)C1. The second kappa shape index (κ2) is 6.76. The maximum atomic E-state index is 11.4. The maximum Gasteiger partial charge on any atom is 0.246 e. The van der Waals surface area contributed by atoms with Crippen LogP contribution in [0.5, 0.6) is 0 Å². The van der Waals surface area contributed by atoms with Gasteiger partial charge in [0, 0.05) is 19.1 Å². The van der Waals surface area contributed by atoms with Gasteiger partial charge < -0.3 is 20.7 Å². The molecule has 1 aliphatic heterocycles. The molecule has 0 bridgehead atoms. The predicted molar refractivity (Wildman–Crippen MR) is 58.5 cm³/mol. The van der Waals surface area contributed by atoms with E-state index in [1.54, 1.807) is 0 Å². The van der Waals surface area contributed by atoms with E-state index in [0.717, 1.165) is 25.9 Å². The van der Waals surface area contributed by atoms with Crippen LogP contribution in [0.1, 0.15) is 12.8 Å². The number of likely N-dealkylation sites (tertiary alicyclic amines) is 1. The highest BCUT2D eigenvalue weighted by Gasteiger charge is 2.18. The first-order chi connectivity index (χ1) is 7.22. The number of rotatable bonds is 5. The smallest absolute Gasteiger partial charge is 0.246 e. The van der Waals surface area contributed by atoms with Gasteiger partial charge in [0.2, 0.25) is 5.91 Å². The summed E-state index contributed by atoms with van der Waals surface area (Å²) in [6, 6.07) is 0.276. The Kier molecular flexibility index (Phi) is 5.60. The molecule has 3 N–H and O–H groups in total. The summed E-state index contributed by atoms with van der Waals surface area (Å²) in [6.07, 6.45) is 2.21. The van der Waals surface area contributed by atoms with Crippen molar-refractivity contribution < 1.29 is 9.53 Å². The van der Waals surface area contributed by atoms with E-state index in [-0.39, 0.29) is 18.6 Å². The lowest BCUT2D eigenvalue weighted by Gasteiger charge is -2.30. The van der Waals surface area contributed by atoms with Gasteiger partial charge in [-0.15, -0.1) is 0 Å². The van der Waals surface area contributed by atoms with E-state index in [4.69, 9.17) is 10.5 Å². The molecule has 0 saturated carbocycles. The van der Waals surface area contributed by atoms with Crippen molar-refractivity contribution in [2.75, 3.05) is 39.9 Å². The third-order valence-corrected chi connectivity index (χ3v) is 2.48. The summed E-state index contributed by atoms with van der Waals surface area (Å²) in [7, 11) is 2.07. The summed E-state index contributed by atoms with van der Waals surface area (Å²) in [4.78, 5) is 13.6. The highest BCUT2D eigenvalue weighted by Crippen LogP contribution is 2.07. The van der Waals surface area contributed by atoms with Crippen LogP contribution in [0.2, 0.25) is 0 Å². The molecule has 0 radical (unpaired) electrons. The number of carbonyl (C=O) groups is 1. The normalized spacial score (nSPS) is 22.7. The third kappa shape index (κ3) is 5.11. The standard InChI is InChI=1S/C10H21N3O2/c1-13-5-2-3-9(7-13)12-10(14)8-15-6-4-11/h9H,2-8,11H2,1H3,(H,12,14). The predicted octanol–water partition coefficient (Wildman–Crippen LogP) is -0.828. The first-order valence-electron chi connectivity index (χ1n) is 5.48. The summed E-state index contributed by atoms with van der Waals surface area (Å²) in [6.45, 7) is 3.08. The lowest BCUT2D eigenvalue weighted by Crippen LogP contribution is -2.47. The number of likely N-dealkylation sites (N-methyl/N-ethyl adjacent to an activating group) is 1. The molecule has 15 heavy (non-hydrogen) atoms. The van der Waals surface area contributed by atoms with E-state index in [0.29, 0.717) is 13.2 Å². The van der Waals surface area contributed by atoms with Crippen LogP contribution in [-0.2, 0) is 9.53 Å². The quantitative estimate of drug-likeness (QED) is 0.588. The minimum Gasteiger partial charge on any atom is -0.370 e. The second-order valence-corrected chi connectivity index (χ2v) is 4.01. The number of nitrogens with two attached hydrogens (primary N) is 1.